The Morgan fingerprint density at radius 1 is 0.842 bits per heavy atom. The lowest BCUT2D eigenvalue weighted by Gasteiger charge is -2.05. The van der Waals surface area contributed by atoms with Crippen molar-refractivity contribution in [1.82, 2.24) is 9.97 Å². The minimum atomic E-state index is 0.696. The van der Waals surface area contributed by atoms with Gasteiger partial charge in [0.05, 0.1) is 5.52 Å². The highest BCUT2D eigenvalue weighted by molar-refractivity contribution is 5.84. The Kier molecular flexibility index (Phi) is 2.34. The van der Waals surface area contributed by atoms with Gasteiger partial charge < -0.3 is 0 Å². The number of hydrogen-bond acceptors (Lipinski definition) is 2. The molecule has 2 aromatic heterocycles. The van der Waals surface area contributed by atoms with E-state index >= 15 is 0 Å². The van der Waals surface area contributed by atoms with Gasteiger partial charge in [-0.1, -0.05) is 12.1 Å². The lowest BCUT2D eigenvalue weighted by Crippen LogP contribution is -1.87. The molecule has 0 aliphatic heterocycles. The van der Waals surface area contributed by atoms with Crippen LogP contribution in [-0.4, -0.2) is 9.97 Å². The van der Waals surface area contributed by atoms with Crippen LogP contribution >= 0.6 is 0 Å². The maximum absolute atomic E-state index is 4.48. The number of nitrogens with zero attached hydrogens (tertiary/aromatic N) is 2. The van der Waals surface area contributed by atoms with Gasteiger partial charge in [-0.3, -0.25) is 9.97 Å². The van der Waals surface area contributed by atoms with Crippen LogP contribution in [0.2, 0.25) is 0 Å². The Balaban J connectivity index is 1.82. The van der Waals surface area contributed by atoms with Gasteiger partial charge in [0.1, 0.15) is 0 Å². The highest BCUT2D eigenvalue weighted by Crippen LogP contribution is 2.40. The molecule has 0 radical (unpaired) electrons. The highest BCUT2D eigenvalue weighted by Gasteiger charge is 2.24. The third-order valence-corrected chi connectivity index (χ3v) is 3.71. The van der Waals surface area contributed by atoms with Gasteiger partial charge in [0.25, 0.3) is 0 Å². The molecule has 0 N–H and O–H groups in total. The molecule has 1 aliphatic rings. The number of hydrogen-bond donors (Lipinski definition) is 0. The van der Waals surface area contributed by atoms with Gasteiger partial charge in [0.15, 0.2) is 0 Å². The van der Waals surface area contributed by atoms with Crippen molar-refractivity contribution in [3.05, 3.63) is 60.6 Å². The smallest absolute Gasteiger partial charge is 0.0702 e. The zero-order valence-corrected chi connectivity index (χ0v) is 10.6. The van der Waals surface area contributed by atoms with Gasteiger partial charge in [0.2, 0.25) is 0 Å². The zero-order valence-electron chi connectivity index (χ0n) is 10.6. The van der Waals surface area contributed by atoms with E-state index in [-0.39, 0.29) is 0 Å². The Morgan fingerprint density at radius 2 is 1.74 bits per heavy atom. The van der Waals surface area contributed by atoms with Crippen molar-refractivity contribution in [2.24, 2.45) is 0 Å². The maximum atomic E-state index is 4.48. The lowest BCUT2D eigenvalue weighted by atomic mass is 10.0. The fraction of sp³-hybridized carbons (Fsp3) is 0.176. The molecule has 1 saturated carbocycles. The van der Waals surface area contributed by atoms with Crippen LogP contribution in [-0.2, 0) is 0 Å². The van der Waals surface area contributed by atoms with E-state index in [2.05, 4.69) is 46.4 Å². The summed E-state index contributed by atoms with van der Waals surface area (Å²) < 4.78 is 0. The molecular weight excluding hydrogens is 232 g/mol. The molecule has 1 aliphatic carbocycles. The van der Waals surface area contributed by atoms with Crippen molar-refractivity contribution < 1.29 is 0 Å². The first-order valence-corrected chi connectivity index (χ1v) is 6.71. The molecule has 2 heteroatoms. The predicted molar refractivity (Wildman–Crippen MR) is 76.9 cm³/mol. The van der Waals surface area contributed by atoms with E-state index in [1.807, 2.05) is 18.5 Å². The van der Waals surface area contributed by atoms with Gasteiger partial charge in [0, 0.05) is 29.4 Å². The van der Waals surface area contributed by atoms with Crippen LogP contribution in [0.5, 0.6) is 0 Å². The van der Waals surface area contributed by atoms with E-state index in [1.165, 1.54) is 35.0 Å². The lowest BCUT2D eigenvalue weighted by molar-refractivity contribution is 1.02. The molecule has 0 spiro atoms. The van der Waals surface area contributed by atoms with Crippen molar-refractivity contribution in [3.63, 3.8) is 0 Å². The molecular formula is C17H14N2. The quantitative estimate of drug-likeness (QED) is 0.678. The number of benzene rings is 1. The molecule has 19 heavy (non-hydrogen) atoms. The average Bonchev–Trinajstić information content (AvgIpc) is 3.32. The van der Waals surface area contributed by atoms with Crippen molar-refractivity contribution >= 4 is 10.9 Å². The van der Waals surface area contributed by atoms with Crippen LogP contribution in [0.15, 0.2) is 54.9 Å². The second kappa shape index (κ2) is 4.16. The minimum Gasteiger partial charge on any atom is -0.261 e. The maximum Gasteiger partial charge on any atom is 0.0702 e. The fourth-order valence-corrected chi connectivity index (χ4v) is 2.49. The van der Waals surface area contributed by atoms with Crippen molar-refractivity contribution in [2.45, 2.75) is 18.8 Å². The Morgan fingerprint density at radius 3 is 2.63 bits per heavy atom. The fourth-order valence-electron chi connectivity index (χ4n) is 2.49. The molecule has 1 aromatic carbocycles. The first-order chi connectivity index (χ1) is 9.40. The summed E-state index contributed by atoms with van der Waals surface area (Å²) in [5, 5.41) is 1.18. The van der Waals surface area contributed by atoms with Crippen LogP contribution in [0.25, 0.3) is 22.0 Å². The largest absolute Gasteiger partial charge is 0.261 e. The second-order valence-corrected chi connectivity index (χ2v) is 5.15. The summed E-state index contributed by atoms with van der Waals surface area (Å²) >= 11 is 0. The molecule has 1 fully saturated rings. The van der Waals surface area contributed by atoms with E-state index in [0.717, 1.165) is 5.52 Å². The van der Waals surface area contributed by atoms with E-state index in [9.17, 15) is 0 Å². The third-order valence-electron chi connectivity index (χ3n) is 3.71. The zero-order chi connectivity index (χ0) is 12.7. The van der Waals surface area contributed by atoms with E-state index in [0.29, 0.717) is 5.92 Å². The normalized spacial score (nSPS) is 14.7. The van der Waals surface area contributed by atoms with Crippen molar-refractivity contribution in [1.29, 1.82) is 0 Å². The van der Waals surface area contributed by atoms with Crippen LogP contribution in [0.1, 0.15) is 24.5 Å². The standard InChI is InChI=1S/C17H14N2/c1-2-15-10-13(5-6-16(15)18-8-1)14-7-9-19-17(11-14)12-3-4-12/h1-2,5-12H,3-4H2. The summed E-state index contributed by atoms with van der Waals surface area (Å²) in [7, 11) is 0. The number of aromatic nitrogens is 2. The molecule has 0 saturated heterocycles. The Labute approximate surface area is 112 Å². The highest BCUT2D eigenvalue weighted by atomic mass is 14.7. The Bertz CT molecular complexity index is 745. The van der Waals surface area contributed by atoms with Crippen LogP contribution in [0.4, 0.5) is 0 Å². The topological polar surface area (TPSA) is 25.8 Å². The molecule has 92 valence electrons. The van der Waals surface area contributed by atoms with Crippen LogP contribution in [0, 0.1) is 0 Å². The summed E-state index contributed by atoms with van der Waals surface area (Å²) in [6.45, 7) is 0. The van der Waals surface area contributed by atoms with Crippen LogP contribution < -0.4 is 0 Å². The third kappa shape index (κ3) is 1.99. The summed E-state index contributed by atoms with van der Waals surface area (Å²) in [5.41, 5.74) is 4.78. The van der Waals surface area contributed by atoms with Gasteiger partial charge in [-0.15, -0.1) is 0 Å². The molecule has 3 aromatic rings. The molecule has 0 amide bonds. The number of rotatable bonds is 2. The van der Waals surface area contributed by atoms with Gasteiger partial charge in [-0.25, -0.2) is 0 Å². The van der Waals surface area contributed by atoms with Gasteiger partial charge in [-0.05, 0) is 54.3 Å². The van der Waals surface area contributed by atoms with Crippen molar-refractivity contribution in [3.8, 4) is 11.1 Å². The number of pyridine rings is 2. The second-order valence-electron chi connectivity index (χ2n) is 5.15. The summed E-state index contributed by atoms with van der Waals surface area (Å²) in [6.07, 6.45) is 6.34. The average molecular weight is 246 g/mol. The molecule has 0 bridgehead atoms. The summed E-state index contributed by atoms with van der Waals surface area (Å²) in [6, 6.07) is 14.8. The first kappa shape index (κ1) is 10.7. The number of fused-ring (bicyclic) bond motifs is 1. The van der Waals surface area contributed by atoms with Gasteiger partial charge in [-0.2, -0.15) is 0 Å². The molecule has 0 unspecified atom stereocenters. The van der Waals surface area contributed by atoms with Crippen molar-refractivity contribution in [2.75, 3.05) is 0 Å². The first-order valence-electron chi connectivity index (χ1n) is 6.71. The SMILES string of the molecule is c1cnc2ccc(-c3ccnc(C4CC4)c3)cc2c1. The van der Waals surface area contributed by atoms with Crippen LogP contribution in [0.3, 0.4) is 0 Å². The molecule has 0 atom stereocenters. The summed E-state index contributed by atoms with van der Waals surface area (Å²) in [5.74, 6) is 0.696. The minimum absolute atomic E-state index is 0.696. The summed E-state index contributed by atoms with van der Waals surface area (Å²) in [4.78, 5) is 8.84. The van der Waals surface area contributed by atoms with E-state index < -0.39 is 0 Å². The van der Waals surface area contributed by atoms with Gasteiger partial charge >= 0.3 is 0 Å². The monoisotopic (exact) mass is 246 g/mol. The molecule has 2 nitrogen and oxygen atoms in total. The van der Waals surface area contributed by atoms with E-state index in [1.54, 1.807) is 0 Å². The van der Waals surface area contributed by atoms with E-state index in [4.69, 9.17) is 0 Å². The Hall–Kier alpha value is -2.22. The molecule has 4 rings (SSSR count). The molecule has 2 heterocycles. The predicted octanol–water partition coefficient (Wildman–Crippen LogP) is 4.17.